The first-order valence-electron chi connectivity index (χ1n) is 10.7. The summed E-state index contributed by atoms with van der Waals surface area (Å²) in [6.07, 6.45) is 8.56. The standard InChI is InChI=1S/C21H34N6O/c1-24(2)18-11-16-13-19(14-17(16)12-18)25(3)20(28)15-26-7-9-27(10-8-26)21-22-5-4-6-23-21/h4-6,16-19H,7-15H2,1-3H3/t16-,17+,18?,19?. The maximum Gasteiger partial charge on any atom is 0.236 e. The third-order valence-corrected chi connectivity index (χ3v) is 7.20. The second kappa shape index (κ2) is 8.33. The number of piperazine rings is 1. The van der Waals surface area contributed by atoms with Gasteiger partial charge in [0.2, 0.25) is 11.9 Å². The summed E-state index contributed by atoms with van der Waals surface area (Å²) in [4.78, 5) is 30.4. The molecule has 7 heteroatoms. The van der Waals surface area contributed by atoms with E-state index in [1.54, 1.807) is 12.4 Å². The Kier molecular flexibility index (Phi) is 5.83. The van der Waals surface area contributed by atoms with E-state index in [0.717, 1.165) is 50.0 Å². The van der Waals surface area contributed by atoms with Gasteiger partial charge >= 0.3 is 0 Å². The van der Waals surface area contributed by atoms with Gasteiger partial charge in [0.05, 0.1) is 6.54 Å². The predicted molar refractivity (Wildman–Crippen MR) is 110 cm³/mol. The molecule has 154 valence electrons. The van der Waals surface area contributed by atoms with Gasteiger partial charge in [-0.2, -0.15) is 0 Å². The molecule has 2 unspecified atom stereocenters. The van der Waals surface area contributed by atoms with Gasteiger partial charge in [-0.25, -0.2) is 9.97 Å². The zero-order valence-electron chi connectivity index (χ0n) is 17.5. The number of likely N-dealkylation sites (N-methyl/N-ethyl adjacent to an activating group) is 1. The third kappa shape index (κ3) is 4.15. The van der Waals surface area contributed by atoms with Crippen molar-refractivity contribution >= 4 is 11.9 Å². The molecular weight excluding hydrogens is 352 g/mol. The van der Waals surface area contributed by atoms with Crippen LogP contribution < -0.4 is 4.90 Å². The van der Waals surface area contributed by atoms with Gasteiger partial charge in [0, 0.05) is 57.7 Å². The molecule has 3 aliphatic rings. The van der Waals surface area contributed by atoms with Gasteiger partial charge in [0.25, 0.3) is 0 Å². The second-order valence-corrected chi connectivity index (χ2v) is 9.05. The molecule has 1 aliphatic heterocycles. The van der Waals surface area contributed by atoms with Gasteiger partial charge < -0.3 is 14.7 Å². The number of rotatable bonds is 5. The van der Waals surface area contributed by atoms with Crippen LogP contribution in [0.1, 0.15) is 25.7 Å². The summed E-state index contributed by atoms with van der Waals surface area (Å²) in [5.41, 5.74) is 0. The van der Waals surface area contributed by atoms with Crippen molar-refractivity contribution in [3.8, 4) is 0 Å². The van der Waals surface area contributed by atoms with Gasteiger partial charge in [0.15, 0.2) is 0 Å². The SMILES string of the molecule is CN(C)C1C[C@@H]2CC(N(C)C(=O)CN3CCN(c4ncccn4)CC3)C[C@@H]2C1. The van der Waals surface area contributed by atoms with Crippen molar-refractivity contribution in [2.24, 2.45) is 11.8 Å². The molecule has 0 N–H and O–H groups in total. The van der Waals surface area contributed by atoms with Gasteiger partial charge in [-0.05, 0) is 57.7 Å². The molecule has 2 aliphatic carbocycles. The average Bonchev–Trinajstić information content (AvgIpc) is 3.28. The minimum Gasteiger partial charge on any atom is -0.342 e. The van der Waals surface area contributed by atoms with E-state index in [-0.39, 0.29) is 5.91 Å². The molecule has 7 nitrogen and oxygen atoms in total. The van der Waals surface area contributed by atoms with E-state index in [2.05, 4.69) is 43.7 Å². The lowest BCUT2D eigenvalue weighted by Crippen LogP contribution is -2.51. The van der Waals surface area contributed by atoms with E-state index in [1.165, 1.54) is 25.7 Å². The van der Waals surface area contributed by atoms with Gasteiger partial charge in [0.1, 0.15) is 0 Å². The van der Waals surface area contributed by atoms with Crippen LogP contribution in [0.25, 0.3) is 0 Å². The number of amides is 1. The van der Waals surface area contributed by atoms with Crippen LogP contribution in [0, 0.1) is 11.8 Å². The van der Waals surface area contributed by atoms with E-state index in [4.69, 9.17) is 0 Å². The van der Waals surface area contributed by atoms with Crippen molar-refractivity contribution in [3.63, 3.8) is 0 Å². The van der Waals surface area contributed by atoms with Crippen molar-refractivity contribution < 1.29 is 4.79 Å². The van der Waals surface area contributed by atoms with Crippen LogP contribution in [-0.4, -0.2) is 96.5 Å². The van der Waals surface area contributed by atoms with Gasteiger partial charge in [-0.3, -0.25) is 9.69 Å². The summed E-state index contributed by atoms with van der Waals surface area (Å²) in [5.74, 6) is 2.68. The van der Waals surface area contributed by atoms with Crippen LogP contribution in [0.5, 0.6) is 0 Å². The Hall–Kier alpha value is -1.73. The first-order chi connectivity index (χ1) is 13.5. The smallest absolute Gasteiger partial charge is 0.236 e. The largest absolute Gasteiger partial charge is 0.342 e. The summed E-state index contributed by atoms with van der Waals surface area (Å²) in [6, 6.07) is 3.01. The minimum absolute atomic E-state index is 0.276. The number of aromatic nitrogens is 2. The quantitative estimate of drug-likeness (QED) is 0.757. The lowest BCUT2D eigenvalue weighted by molar-refractivity contribution is -0.133. The molecule has 3 fully saturated rings. The molecule has 0 aromatic carbocycles. The fraction of sp³-hybridized carbons (Fsp3) is 0.762. The highest BCUT2D eigenvalue weighted by molar-refractivity contribution is 5.78. The Morgan fingerprint density at radius 3 is 2.11 bits per heavy atom. The van der Waals surface area contributed by atoms with Crippen LogP contribution in [0.2, 0.25) is 0 Å². The highest BCUT2D eigenvalue weighted by Crippen LogP contribution is 2.46. The summed E-state index contributed by atoms with van der Waals surface area (Å²) in [7, 11) is 6.41. The maximum atomic E-state index is 12.9. The maximum absolute atomic E-state index is 12.9. The molecular formula is C21H34N6O. The normalized spacial score (nSPS) is 30.6. The van der Waals surface area contributed by atoms with Crippen molar-refractivity contribution in [3.05, 3.63) is 18.5 Å². The van der Waals surface area contributed by atoms with Crippen LogP contribution in [-0.2, 0) is 4.79 Å². The molecule has 1 amide bonds. The van der Waals surface area contributed by atoms with E-state index >= 15 is 0 Å². The van der Waals surface area contributed by atoms with Crippen molar-refractivity contribution in [2.75, 3.05) is 58.8 Å². The van der Waals surface area contributed by atoms with Crippen LogP contribution in [0.3, 0.4) is 0 Å². The zero-order valence-corrected chi connectivity index (χ0v) is 17.5. The van der Waals surface area contributed by atoms with E-state index in [9.17, 15) is 4.79 Å². The van der Waals surface area contributed by atoms with Crippen molar-refractivity contribution in [2.45, 2.75) is 37.8 Å². The zero-order chi connectivity index (χ0) is 19.7. The molecule has 2 saturated carbocycles. The Bertz CT molecular complexity index is 646. The fourth-order valence-electron chi connectivity index (χ4n) is 5.36. The van der Waals surface area contributed by atoms with Crippen LogP contribution >= 0.6 is 0 Å². The molecule has 0 radical (unpaired) electrons. The van der Waals surface area contributed by atoms with Gasteiger partial charge in [-0.15, -0.1) is 0 Å². The van der Waals surface area contributed by atoms with E-state index in [1.807, 2.05) is 13.1 Å². The predicted octanol–water partition coefficient (Wildman–Crippen LogP) is 1.18. The van der Waals surface area contributed by atoms with Crippen molar-refractivity contribution in [1.82, 2.24) is 24.7 Å². The molecule has 4 atom stereocenters. The number of hydrogen-bond donors (Lipinski definition) is 0. The highest BCUT2D eigenvalue weighted by Gasteiger charge is 2.44. The highest BCUT2D eigenvalue weighted by atomic mass is 16.2. The monoisotopic (exact) mass is 386 g/mol. The number of carbonyl (C=O) groups excluding carboxylic acids is 1. The molecule has 0 spiro atoms. The van der Waals surface area contributed by atoms with Crippen LogP contribution in [0.15, 0.2) is 18.5 Å². The van der Waals surface area contributed by atoms with E-state index < -0.39 is 0 Å². The summed E-state index contributed by atoms with van der Waals surface area (Å²) in [6.45, 7) is 4.06. The topological polar surface area (TPSA) is 55.8 Å². The Morgan fingerprint density at radius 2 is 1.54 bits per heavy atom. The lowest BCUT2D eigenvalue weighted by atomic mass is 10.0. The minimum atomic E-state index is 0.276. The molecule has 1 aromatic heterocycles. The first-order valence-corrected chi connectivity index (χ1v) is 10.7. The number of nitrogens with zero attached hydrogens (tertiary/aromatic N) is 6. The molecule has 4 rings (SSSR count). The average molecular weight is 387 g/mol. The summed E-state index contributed by atoms with van der Waals surface area (Å²) >= 11 is 0. The molecule has 28 heavy (non-hydrogen) atoms. The Balaban J connectivity index is 1.23. The Morgan fingerprint density at radius 1 is 0.964 bits per heavy atom. The number of anilines is 1. The lowest BCUT2D eigenvalue weighted by Gasteiger charge is -2.35. The third-order valence-electron chi connectivity index (χ3n) is 7.20. The molecule has 0 bridgehead atoms. The summed E-state index contributed by atoms with van der Waals surface area (Å²) < 4.78 is 0. The molecule has 1 aromatic rings. The molecule has 1 saturated heterocycles. The van der Waals surface area contributed by atoms with Gasteiger partial charge in [-0.1, -0.05) is 0 Å². The summed E-state index contributed by atoms with van der Waals surface area (Å²) in [5, 5.41) is 0. The second-order valence-electron chi connectivity index (χ2n) is 9.05. The number of carbonyl (C=O) groups is 1. The molecule has 2 heterocycles. The van der Waals surface area contributed by atoms with Crippen molar-refractivity contribution in [1.29, 1.82) is 0 Å². The number of fused-ring (bicyclic) bond motifs is 1. The number of hydrogen-bond acceptors (Lipinski definition) is 6. The Labute approximate surface area is 168 Å². The fourth-order valence-corrected chi connectivity index (χ4v) is 5.36. The first kappa shape index (κ1) is 19.6. The van der Waals surface area contributed by atoms with Crippen LogP contribution in [0.4, 0.5) is 5.95 Å². The van der Waals surface area contributed by atoms with E-state index in [0.29, 0.717) is 12.6 Å².